The van der Waals surface area contributed by atoms with E-state index in [9.17, 15) is 4.79 Å². The normalized spacial score (nSPS) is 10.8. The van der Waals surface area contributed by atoms with Gasteiger partial charge in [-0.3, -0.25) is 4.79 Å². The van der Waals surface area contributed by atoms with E-state index in [0.29, 0.717) is 5.69 Å². The van der Waals surface area contributed by atoms with Crippen LogP contribution in [0.2, 0.25) is 0 Å². The molecule has 0 saturated heterocycles. The average Bonchev–Trinajstić information content (AvgIpc) is 2.39. The molecule has 5 nitrogen and oxygen atoms in total. The number of imidazole rings is 1. The number of carboxylic acid groups (broad SMARTS) is 1. The van der Waals surface area contributed by atoms with Crippen molar-refractivity contribution in [3.8, 4) is 0 Å². The van der Waals surface area contributed by atoms with E-state index in [-0.39, 0.29) is 21.3 Å². The summed E-state index contributed by atoms with van der Waals surface area (Å²) in [7, 11) is 0. The summed E-state index contributed by atoms with van der Waals surface area (Å²) in [6, 6.07) is -0.863. The number of nitrogens with two attached hydrogens (primary N) is 1. The van der Waals surface area contributed by atoms with E-state index in [1.54, 1.807) is 6.20 Å². The molecule has 0 amide bonds. The number of aliphatic carboxylic acids is 1. The lowest BCUT2D eigenvalue weighted by Crippen LogP contribution is -2.32. The number of nitrogens with zero attached hydrogens (tertiary/aromatic N) is 1. The number of H-pyrrole nitrogens is 1. The van der Waals surface area contributed by atoms with Gasteiger partial charge in [0.2, 0.25) is 0 Å². The van der Waals surface area contributed by atoms with Crippen LogP contribution >= 0.6 is 0 Å². The molecule has 0 spiro atoms. The smallest absolute Gasteiger partial charge is 0.320 e. The third-order valence-electron chi connectivity index (χ3n) is 1.30. The average molecular weight is 187 g/mol. The van der Waals surface area contributed by atoms with E-state index < -0.39 is 12.0 Å². The standard InChI is InChI=1S/C6H9N3O2.2CH4/c7-5(6(10)11)1-4-2-8-3-9-4;;/h2-3,5H,1,7H2,(H,8,9)(H,10,11);2*1H4. The van der Waals surface area contributed by atoms with Gasteiger partial charge in [-0.15, -0.1) is 0 Å². The lowest BCUT2D eigenvalue weighted by atomic mass is 10.2. The summed E-state index contributed by atoms with van der Waals surface area (Å²) in [6.07, 6.45) is 3.38. The molecular formula is C8H17N3O2. The summed E-state index contributed by atoms with van der Waals surface area (Å²) in [4.78, 5) is 16.8. The van der Waals surface area contributed by atoms with Crippen molar-refractivity contribution < 1.29 is 9.90 Å². The molecule has 1 rings (SSSR count). The van der Waals surface area contributed by atoms with E-state index in [4.69, 9.17) is 10.8 Å². The van der Waals surface area contributed by atoms with E-state index in [1.807, 2.05) is 0 Å². The molecule has 0 aliphatic carbocycles. The van der Waals surface area contributed by atoms with Crippen LogP contribution in [-0.4, -0.2) is 27.1 Å². The van der Waals surface area contributed by atoms with Crippen molar-refractivity contribution in [3.05, 3.63) is 18.2 Å². The Labute approximate surface area is 78.0 Å². The first-order valence-corrected chi connectivity index (χ1v) is 3.16. The zero-order chi connectivity index (χ0) is 8.27. The van der Waals surface area contributed by atoms with Crippen LogP contribution in [0.4, 0.5) is 0 Å². The molecule has 5 heteroatoms. The molecule has 0 saturated carbocycles. The van der Waals surface area contributed by atoms with E-state index >= 15 is 0 Å². The highest BCUT2D eigenvalue weighted by Crippen LogP contribution is 1.95. The molecule has 0 aliphatic heterocycles. The zero-order valence-electron chi connectivity index (χ0n) is 5.82. The molecule has 1 aromatic rings. The molecule has 1 aromatic heterocycles. The summed E-state index contributed by atoms with van der Waals surface area (Å²) in [6.45, 7) is 0. The van der Waals surface area contributed by atoms with E-state index in [0.717, 1.165) is 0 Å². The molecular weight excluding hydrogens is 170 g/mol. The van der Waals surface area contributed by atoms with Crippen molar-refractivity contribution in [2.45, 2.75) is 27.3 Å². The Kier molecular flexibility index (Phi) is 6.75. The molecule has 13 heavy (non-hydrogen) atoms. The number of hydrogen-bond donors (Lipinski definition) is 3. The number of rotatable bonds is 3. The predicted octanol–water partition coefficient (Wildman–Crippen LogP) is 0.636. The molecule has 0 aromatic carbocycles. The lowest BCUT2D eigenvalue weighted by molar-refractivity contribution is -0.138. The Morgan fingerprint density at radius 2 is 2.31 bits per heavy atom. The van der Waals surface area contributed by atoms with Crippen LogP contribution in [0.5, 0.6) is 0 Å². The van der Waals surface area contributed by atoms with Gasteiger partial charge in [0, 0.05) is 12.6 Å². The molecule has 1 atom stereocenters. The topological polar surface area (TPSA) is 92.0 Å². The third kappa shape index (κ3) is 4.27. The highest BCUT2D eigenvalue weighted by Gasteiger charge is 2.12. The summed E-state index contributed by atoms with van der Waals surface area (Å²) in [5.41, 5.74) is 5.92. The summed E-state index contributed by atoms with van der Waals surface area (Å²) >= 11 is 0. The van der Waals surface area contributed by atoms with Crippen molar-refractivity contribution in [2.75, 3.05) is 0 Å². The Balaban J connectivity index is 0. The van der Waals surface area contributed by atoms with Crippen LogP contribution in [0, 0.1) is 0 Å². The summed E-state index contributed by atoms with van der Waals surface area (Å²) in [5, 5.41) is 8.42. The second-order valence-corrected chi connectivity index (χ2v) is 2.21. The predicted molar refractivity (Wildman–Crippen MR) is 51.4 cm³/mol. The number of nitrogens with one attached hydrogen (secondary N) is 1. The van der Waals surface area contributed by atoms with Gasteiger partial charge < -0.3 is 15.8 Å². The first-order chi connectivity index (χ1) is 5.20. The fraction of sp³-hybridized carbons (Fsp3) is 0.500. The highest BCUT2D eigenvalue weighted by atomic mass is 16.4. The first-order valence-electron chi connectivity index (χ1n) is 3.16. The van der Waals surface area contributed by atoms with Crippen LogP contribution in [0.25, 0.3) is 0 Å². The SMILES string of the molecule is C.C.NC(Cc1c[nH]cn1)C(=O)O. The molecule has 0 bridgehead atoms. The Morgan fingerprint density at radius 3 is 2.69 bits per heavy atom. The van der Waals surface area contributed by atoms with Crippen LogP contribution in [0.1, 0.15) is 20.5 Å². The minimum atomic E-state index is -1.01. The second kappa shape index (κ2) is 6.19. The van der Waals surface area contributed by atoms with Gasteiger partial charge in [-0.05, 0) is 0 Å². The van der Waals surface area contributed by atoms with Crippen molar-refractivity contribution in [1.82, 2.24) is 9.97 Å². The van der Waals surface area contributed by atoms with Crippen molar-refractivity contribution >= 4 is 5.97 Å². The van der Waals surface area contributed by atoms with Crippen LogP contribution < -0.4 is 5.73 Å². The molecule has 0 radical (unpaired) electrons. The molecule has 1 heterocycles. The van der Waals surface area contributed by atoms with Crippen LogP contribution in [0.15, 0.2) is 12.5 Å². The Hall–Kier alpha value is -1.36. The number of aromatic amines is 1. The van der Waals surface area contributed by atoms with Crippen LogP contribution in [0.3, 0.4) is 0 Å². The van der Waals surface area contributed by atoms with Gasteiger partial charge in [-0.1, -0.05) is 14.9 Å². The molecule has 76 valence electrons. The van der Waals surface area contributed by atoms with E-state index in [1.165, 1.54) is 6.33 Å². The molecule has 1 unspecified atom stereocenters. The summed E-state index contributed by atoms with van der Waals surface area (Å²) < 4.78 is 0. The minimum Gasteiger partial charge on any atom is -0.480 e. The third-order valence-corrected chi connectivity index (χ3v) is 1.30. The number of carboxylic acids is 1. The fourth-order valence-electron chi connectivity index (χ4n) is 0.715. The van der Waals surface area contributed by atoms with Crippen molar-refractivity contribution in [3.63, 3.8) is 0 Å². The highest BCUT2D eigenvalue weighted by molar-refractivity contribution is 5.73. The maximum atomic E-state index is 10.3. The minimum absolute atomic E-state index is 0. The maximum absolute atomic E-state index is 10.3. The Morgan fingerprint density at radius 1 is 1.69 bits per heavy atom. The number of aromatic nitrogens is 2. The monoisotopic (exact) mass is 187 g/mol. The first kappa shape index (κ1) is 14.2. The van der Waals surface area contributed by atoms with Crippen LogP contribution in [-0.2, 0) is 11.2 Å². The molecule has 4 N–H and O–H groups in total. The fourth-order valence-corrected chi connectivity index (χ4v) is 0.715. The Bertz CT molecular complexity index is 234. The van der Waals surface area contributed by atoms with Gasteiger partial charge in [0.05, 0.1) is 12.0 Å². The van der Waals surface area contributed by atoms with E-state index in [2.05, 4.69) is 9.97 Å². The van der Waals surface area contributed by atoms with Gasteiger partial charge >= 0.3 is 5.97 Å². The summed E-state index contributed by atoms with van der Waals surface area (Å²) in [5.74, 6) is -1.01. The number of carbonyl (C=O) groups is 1. The molecule has 0 fully saturated rings. The van der Waals surface area contributed by atoms with Crippen molar-refractivity contribution in [1.29, 1.82) is 0 Å². The van der Waals surface area contributed by atoms with Gasteiger partial charge in [0.25, 0.3) is 0 Å². The van der Waals surface area contributed by atoms with Gasteiger partial charge in [0.15, 0.2) is 0 Å². The largest absolute Gasteiger partial charge is 0.480 e. The maximum Gasteiger partial charge on any atom is 0.320 e. The second-order valence-electron chi connectivity index (χ2n) is 2.21. The van der Waals surface area contributed by atoms with Gasteiger partial charge in [-0.25, -0.2) is 4.98 Å². The lowest BCUT2D eigenvalue weighted by Gasteiger charge is -2.01. The van der Waals surface area contributed by atoms with Gasteiger partial charge in [-0.2, -0.15) is 0 Å². The zero-order valence-corrected chi connectivity index (χ0v) is 5.82. The quantitative estimate of drug-likeness (QED) is 0.647. The van der Waals surface area contributed by atoms with Gasteiger partial charge in [0.1, 0.15) is 6.04 Å². The number of hydrogen-bond acceptors (Lipinski definition) is 3. The molecule has 0 aliphatic rings. The van der Waals surface area contributed by atoms with Crippen molar-refractivity contribution in [2.24, 2.45) is 5.73 Å².